The highest BCUT2D eigenvalue weighted by atomic mass is 32.2. The minimum absolute atomic E-state index is 0.146. The Morgan fingerprint density at radius 2 is 2.33 bits per heavy atom. The summed E-state index contributed by atoms with van der Waals surface area (Å²) in [6, 6.07) is 1.46. The van der Waals surface area contributed by atoms with Crippen LogP contribution in [0.2, 0.25) is 0 Å². The van der Waals surface area contributed by atoms with Crippen molar-refractivity contribution in [1.82, 2.24) is 4.90 Å². The molecule has 2 heterocycles. The Kier molecular flexibility index (Phi) is 4.13. The monoisotopic (exact) mass is 286 g/mol. The quantitative estimate of drug-likeness (QED) is 0.876. The van der Waals surface area contributed by atoms with Gasteiger partial charge in [0.15, 0.2) is 0 Å². The molecule has 0 radical (unpaired) electrons. The van der Waals surface area contributed by atoms with Gasteiger partial charge in [-0.05, 0) is 18.4 Å². The van der Waals surface area contributed by atoms with E-state index < -0.39 is 5.97 Å². The van der Waals surface area contributed by atoms with Crippen molar-refractivity contribution in [2.75, 3.05) is 23.4 Å². The molecule has 1 aromatic heterocycles. The van der Waals surface area contributed by atoms with Gasteiger partial charge in [-0.25, -0.2) is 9.59 Å². The lowest BCUT2D eigenvalue weighted by Crippen LogP contribution is -2.46. The first-order valence-electron chi connectivity index (χ1n) is 5.55. The third-order valence-electron chi connectivity index (χ3n) is 2.74. The van der Waals surface area contributed by atoms with E-state index in [4.69, 9.17) is 5.11 Å². The molecule has 7 heteroatoms. The molecular formula is C11H14N2O3S2. The van der Waals surface area contributed by atoms with E-state index in [1.807, 2.05) is 18.7 Å². The lowest BCUT2D eigenvalue weighted by molar-refractivity contribution is 0.0698. The normalized spacial score (nSPS) is 19.6. The van der Waals surface area contributed by atoms with Gasteiger partial charge in [0.25, 0.3) is 0 Å². The van der Waals surface area contributed by atoms with Crippen LogP contribution in [0.1, 0.15) is 17.3 Å². The Bertz CT molecular complexity index is 461. The van der Waals surface area contributed by atoms with Crippen LogP contribution in [0.5, 0.6) is 0 Å². The largest absolute Gasteiger partial charge is 0.478 e. The molecule has 1 fully saturated rings. The minimum atomic E-state index is -1.02. The standard InChI is InChI=1S/C11H14N2O3S2/c1-7-6-17-5-3-13(7)11(16)12-9-8(10(14)15)2-4-18-9/h2,4,7H,3,5-6H2,1H3,(H,12,16)(H,14,15). The molecule has 5 nitrogen and oxygen atoms in total. The topological polar surface area (TPSA) is 69.6 Å². The van der Waals surface area contributed by atoms with Crippen molar-refractivity contribution >= 4 is 40.1 Å². The van der Waals surface area contributed by atoms with Gasteiger partial charge >= 0.3 is 12.0 Å². The summed E-state index contributed by atoms with van der Waals surface area (Å²) in [6.07, 6.45) is 0. The third-order valence-corrected chi connectivity index (χ3v) is 4.76. The summed E-state index contributed by atoms with van der Waals surface area (Å²) in [5.41, 5.74) is 0.146. The van der Waals surface area contributed by atoms with Crippen LogP contribution in [-0.4, -0.2) is 46.1 Å². The number of nitrogens with zero attached hydrogens (tertiary/aromatic N) is 1. The van der Waals surface area contributed by atoms with Crippen molar-refractivity contribution in [2.24, 2.45) is 0 Å². The maximum atomic E-state index is 12.1. The van der Waals surface area contributed by atoms with Gasteiger partial charge in [0, 0.05) is 24.1 Å². The molecule has 2 rings (SSSR count). The maximum Gasteiger partial charge on any atom is 0.338 e. The number of hydrogen-bond donors (Lipinski definition) is 2. The predicted molar refractivity (Wildman–Crippen MR) is 73.8 cm³/mol. The summed E-state index contributed by atoms with van der Waals surface area (Å²) in [6.45, 7) is 2.70. The molecule has 1 aliphatic rings. The zero-order valence-electron chi connectivity index (χ0n) is 9.88. The van der Waals surface area contributed by atoms with Crippen molar-refractivity contribution in [1.29, 1.82) is 0 Å². The molecule has 0 spiro atoms. The molecule has 0 aliphatic carbocycles. The molecule has 1 aliphatic heterocycles. The second-order valence-electron chi connectivity index (χ2n) is 4.02. The molecule has 1 unspecified atom stereocenters. The number of urea groups is 1. The van der Waals surface area contributed by atoms with Crippen molar-refractivity contribution in [3.05, 3.63) is 17.0 Å². The Morgan fingerprint density at radius 3 is 3.00 bits per heavy atom. The second-order valence-corrected chi connectivity index (χ2v) is 6.08. The van der Waals surface area contributed by atoms with Crippen LogP contribution < -0.4 is 5.32 Å². The first kappa shape index (κ1) is 13.2. The van der Waals surface area contributed by atoms with E-state index in [9.17, 15) is 9.59 Å². The summed E-state index contributed by atoms with van der Waals surface area (Å²) in [5, 5.41) is 13.7. The third kappa shape index (κ3) is 2.78. The first-order valence-corrected chi connectivity index (χ1v) is 7.59. The number of hydrogen-bond acceptors (Lipinski definition) is 4. The molecule has 1 atom stereocenters. The van der Waals surface area contributed by atoms with Crippen molar-refractivity contribution in [2.45, 2.75) is 13.0 Å². The fourth-order valence-corrected chi connectivity index (χ4v) is 3.55. The van der Waals surface area contributed by atoms with Crippen LogP contribution in [0, 0.1) is 0 Å². The van der Waals surface area contributed by atoms with Crippen LogP contribution in [0.15, 0.2) is 11.4 Å². The molecule has 18 heavy (non-hydrogen) atoms. The van der Waals surface area contributed by atoms with E-state index in [1.165, 1.54) is 17.4 Å². The van der Waals surface area contributed by atoms with Crippen LogP contribution in [-0.2, 0) is 0 Å². The van der Waals surface area contributed by atoms with Gasteiger partial charge in [0.1, 0.15) is 5.00 Å². The highest BCUT2D eigenvalue weighted by Crippen LogP contribution is 2.24. The minimum Gasteiger partial charge on any atom is -0.478 e. The number of nitrogens with one attached hydrogen (secondary N) is 1. The van der Waals surface area contributed by atoms with E-state index in [0.29, 0.717) is 11.5 Å². The smallest absolute Gasteiger partial charge is 0.338 e. The number of anilines is 1. The zero-order chi connectivity index (χ0) is 13.1. The average Bonchev–Trinajstić information content (AvgIpc) is 2.77. The predicted octanol–water partition coefficient (Wildman–Crippen LogP) is 2.42. The SMILES string of the molecule is CC1CSCCN1C(=O)Nc1sccc1C(=O)O. The van der Waals surface area contributed by atoms with Gasteiger partial charge in [0.05, 0.1) is 5.56 Å². The van der Waals surface area contributed by atoms with Gasteiger partial charge in [-0.15, -0.1) is 11.3 Å². The lowest BCUT2D eigenvalue weighted by Gasteiger charge is -2.32. The molecule has 0 bridgehead atoms. The van der Waals surface area contributed by atoms with Gasteiger partial charge in [0.2, 0.25) is 0 Å². The number of aromatic carboxylic acids is 1. The second kappa shape index (κ2) is 5.62. The van der Waals surface area contributed by atoms with Gasteiger partial charge in [-0.3, -0.25) is 5.32 Å². The fraction of sp³-hybridized carbons (Fsp3) is 0.455. The average molecular weight is 286 g/mol. The summed E-state index contributed by atoms with van der Waals surface area (Å²) < 4.78 is 0. The first-order chi connectivity index (χ1) is 8.59. The van der Waals surface area contributed by atoms with Crippen molar-refractivity contribution < 1.29 is 14.7 Å². The number of carboxylic acid groups (broad SMARTS) is 1. The van der Waals surface area contributed by atoms with E-state index in [-0.39, 0.29) is 17.6 Å². The molecule has 2 amide bonds. The van der Waals surface area contributed by atoms with E-state index in [1.54, 1.807) is 10.3 Å². The van der Waals surface area contributed by atoms with Crippen LogP contribution in [0.3, 0.4) is 0 Å². The summed E-state index contributed by atoms with van der Waals surface area (Å²) in [4.78, 5) is 24.8. The van der Waals surface area contributed by atoms with Crippen LogP contribution >= 0.6 is 23.1 Å². The van der Waals surface area contributed by atoms with Gasteiger partial charge < -0.3 is 10.0 Å². The maximum absolute atomic E-state index is 12.1. The summed E-state index contributed by atoms with van der Waals surface area (Å²) >= 11 is 3.05. The number of amides is 2. The Balaban J connectivity index is 2.06. The highest BCUT2D eigenvalue weighted by molar-refractivity contribution is 7.99. The van der Waals surface area contributed by atoms with Crippen LogP contribution in [0.25, 0.3) is 0 Å². The Labute approximate surface area is 113 Å². The molecule has 0 aromatic carbocycles. The Hall–Kier alpha value is -1.21. The van der Waals surface area contributed by atoms with Gasteiger partial charge in [-0.1, -0.05) is 0 Å². The number of rotatable bonds is 2. The fourth-order valence-electron chi connectivity index (χ4n) is 1.77. The number of carbonyl (C=O) groups is 2. The van der Waals surface area contributed by atoms with Crippen molar-refractivity contribution in [3.8, 4) is 0 Å². The lowest BCUT2D eigenvalue weighted by atomic mass is 10.3. The molecule has 0 saturated carbocycles. The van der Waals surface area contributed by atoms with Crippen LogP contribution in [0.4, 0.5) is 9.80 Å². The number of thiophene rings is 1. The van der Waals surface area contributed by atoms with E-state index in [0.717, 1.165) is 11.5 Å². The van der Waals surface area contributed by atoms with Crippen molar-refractivity contribution in [3.63, 3.8) is 0 Å². The molecule has 98 valence electrons. The number of carboxylic acids is 1. The van der Waals surface area contributed by atoms with E-state index in [2.05, 4.69) is 5.32 Å². The number of thioether (sulfide) groups is 1. The molecule has 1 aromatic rings. The zero-order valence-corrected chi connectivity index (χ0v) is 11.5. The molecule has 2 N–H and O–H groups in total. The summed E-state index contributed by atoms with van der Waals surface area (Å²) in [5.74, 6) is 0.825. The summed E-state index contributed by atoms with van der Waals surface area (Å²) in [7, 11) is 0. The highest BCUT2D eigenvalue weighted by Gasteiger charge is 2.24. The Morgan fingerprint density at radius 1 is 1.56 bits per heavy atom. The molecular weight excluding hydrogens is 272 g/mol. The molecule has 1 saturated heterocycles. The van der Waals surface area contributed by atoms with Gasteiger partial charge in [-0.2, -0.15) is 11.8 Å². The van der Waals surface area contributed by atoms with E-state index >= 15 is 0 Å². The number of carbonyl (C=O) groups excluding carboxylic acids is 1.